The molecule has 1 heterocycles. The zero-order chi connectivity index (χ0) is 16.9. The highest BCUT2D eigenvalue weighted by Crippen LogP contribution is 2.16. The van der Waals surface area contributed by atoms with Gasteiger partial charge in [0.15, 0.2) is 0 Å². The molecule has 0 spiro atoms. The van der Waals surface area contributed by atoms with Gasteiger partial charge in [-0.3, -0.25) is 4.79 Å². The smallest absolute Gasteiger partial charge is 0.147 e. The van der Waals surface area contributed by atoms with Crippen molar-refractivity contribution in [3.63, 3.8) is 0 Å². The number of benzene rings is 2. The minimum Gasteiger partial charge on any atom is -0.308 e. The van der Waals surface area contributed by atoms with E-state index in [1.807, 2.05) is 24.3 Å². The van der Waals surface area contributed by atoms with Crippen LogP contribution in [0.1, 0.15) is 23.6 Å². The third-order valence-corrected chi connectivity index (χ3v) is 4.87. The van der Waals surface area contributed by atoms with E-state index >= 15 is 0 Å². The topological polar surface area (TPSA) is 41.1 Å². The molecule has 0 aliphatic carbocycles. The van der Waals surface area contributed by atoms with Gasteiger partial charge in [0, 0.05) is 24.2 Å². The van der Waals surface area contributed by atoms with Gasteiger partial charge in [0.2, 0.25) is 0 Å². The fourth-order valence-corrected chi connectivity index (χ4v) is 3.29. The first-order chi connectivity index (χ1) is 11.6. The van der Waals surface area contributed by atoms with Crippen molar-refractivity contribution in [1.82, 2.24) is 10.6 Å². The highest BCUT2D eigenvalue weighted by molar-refractivity contribution is 6.30. The minimum atomic E-state index is -0.162. The second-order valence-corrected chi connectivity index (χ2v) is 6.89. The van der Waals surface area contributed by atoms with Crippen molar-refractivity contribution in [2.24, 2.45) is 0 Å². The summed E-state index contributed by atoms with van der Waals surface area (Å²) in [4.78, 5) is 12.0. The summed E-state index contributed by atoms with van der Waals surface area (Å²) in [5.74, 6) is 0.168. The van der Waals surface area contributed by atoms with Crippen LogP contribution in [0.5, 0.6) is 0 Å². The SMILES string of the molecule is CC(=O)[C@@H](Cc1ccc(Cl)cc1)NCC1Cc2ccccc2CN1. The van der Waals surface area contributed by atoms with Crippen LogP contribution in [0.2, 0.25) is 5.02 Å². The Morgan fingerprint density at radius 1 is 1.21 bits per heavy atom. The second kappa shape index (κ2) is 7.93. The molecule has 0 fully saturated rings. The lowest BCUT2D eigenvalue weighted by Crippen LogP contribution is -2.48. The molecule has 126 valence electrons. The van der Waals surface area contributed by atoms with Crippen molar-refractivity contribution < 1.29 is 4.79 Å². The lowest BCUT2D eigenvalue weighted by atomic mass is 9.95. The number of Topliss-reactive ketones (excluding diaryl/α,β-unsaturated/α-hetero) is 1. The molecule has 0 saturated carbocycles. The normalized spacial score (nSPS) is 18.0. The molecule has 2 atom stereocenters. The number of hydrogen-bond donors (Lipinski definition) is 2. The molecule has 0 radical (unpaired) electrons. The molecular weight excluding hydrogens is 320 g/mol. The molecule has 0 saturated heterocycles. The average molecular weight is 343 g/mol. The molecule has 1 unspecified atom stereocenters. The summed E-state index contributed by atoms with van der Waals surface area (Å²) in [7, 11) is 0. The largest absolute Gasteiger partial charge is 0.308 e. The fraction of sp³-hybridized carbons (Fsp3) is 0.350. The van der Waals surface area contributed by atoms with Crippen molar-refractivity contribution in [1.29, 1.82) is 0 Å². The molecule has 1 aliphatic heterocycles. The summed E-state index contributed by atoms with van der Waals surface area (Å²) in [5.41, 5.74) is 3.90. The highest BCUT2D eigenvalue weighted by atomic mass is 35.5. The second-order valence-electron chi connectivity index (χ2n) is 6.45. The van der Waals surface area contributed by atoms with Crippen molar-refractivity contribution in [3.05, 3.63) is 70.2 Å². The standard InChI is InChI=1S/C20H23ClN2O/c1-14(24)20(10-15-6-8-18(21)9-7-15)23-13-19-11-16-4-2-3-5-17(16)12-22-19/h2-9,19-20,22-23H,10-13H2,1H3/t19?,20-/m1/s1. The zero-order valence-electron chi connectivity index (χ0n) is 13.9. The summed E-state index contributed by atoms with van der Waals surface area (Å²) < 4.78 is 0. The number of rotatable bonds is 6. The van der Waals surface area contributed by atoms with Gasteiger partial charge in [0.05, 0.1) is 6.04 Å². The first kappa shape index (κ1) is 17.2. The van der Waals surface area contributed by atoms with Crippen LogP contribution >= 0.6 is 11.6 Å². The van der Waals surface area contributed by atoms with Gasteiger partial charge in [-0.05, 0) is 48.6 Å². The Hall–Kier alpha value is -1.68. The first-order valence-electron chi connectivity index (χ1n) is 8.40. The Bertz CT molecular complexity index is 699. The maximum absolute atomic E-state index is 12.0. The van der Waals surface area contributed by atoms with E-state index in [-0.39, 0.29) is 11.8 Å². The van der Waals surface area contributed by atoms with Gasteiger partial charge < -0.3 is 10.6 Å². The average Bonchev–Trinajstić information content (AvgIpc) is 2.60. The highest BCUT2D eigenvalue weighted by Gasteiger charge is 2.20. The fourth-order valence-electron chi connectivity index (χ4n) is 3.17. The van der Waals surface area contributed by atoms with Gasteiger partial charge in [-0.15, -0.1) is 0 Å². The zero-order valence-corrected chi connectivity index (χ0v) is 14.6. The van der Waals surface area contributed by atoms with Crippen molar-refractivity contribution >= 4 is 17.4 Å². The number of halogens is 1. The van der Waals surface area contributed by atoms with Gasteiger partial charge in [-0.25, -0.2) is 0 Å². The van der Waals surface area contributed by atoms with Crippen LogP contribution in [0.3, 0.4) is 0 Å². The maximum Gasteiger partial charge on any atom is 0.147 e. The molecule has 2 N–H and O–H groups in total. The molecule has 0 aromatic heterocycles. The van der Waals surface area contributed by atoms with E-state index in [2.05, 4.69) is 34.9 Å². The molecule has 0 amide bonds. The minimum absolute atomic E-state index is 0.162. The van der Waals surface area contributed by atoms with E-state index in [1.165, 1.54) is 11.1 Å². The van der Waals surface area contributed by atoms with E-state index in [1.54, 1.807) is 6.92 Å². The Kier molecular flexibility index (Phi) is 5.67. The third-order valence-electron chi connectivity index (χ3n) is 4.62. The van der Waals surface area contributed by atoms with Crippen LogP contribution in [0, 0.1) is 0 Å². The number of hydrogen-bond acceptors (Lipinski definition) is 3. The lowest BCUT2D eigenvalue weighted by molar-refractivity contribution is -0.119. The lowest BCUT2D eigenvalue weighted by Gasteiger charge is -2.28. The molecular formula is C20H23ClN2O. The van der Waals surface area contributed by atoms with Gasteiger partial charge in [-0.1, -0.05) is 48.0 Å². The van der Waals surface area contributed by atoms with Crippen molar-refractivity contribution in [2.75, 3.05) is 6.54 Å². The van der Waals surface area contributed by atoms with E-state index in [0.717, 1.165) is 30.1 Å². The summed E-state index contributed by atoms with van der Waals surface area (Å²) in [6.07, 6.45) is 1.69. The summed E-state index contributed by atoms with van der Waals surface area (Å²) in [6.45, 7) is 3.33. The number of fused-ring (bicyclic) bond motifs is 1. The van der Waals surface area contributed by atoms with E-state index in [4.69, 9.17) is 11.6 Å². The van der Waals surface area contributed by atoms with Crippen LogP contribution in [-0.4, -0.2) is 24.4 Å². The number of carbonyl (C=O) groups excluding carboxylic acids is 1. The predicted octanol–water partition coefficient (Wildman–Crippen LogP) is 3.14. The van der Waals surface area contributed by atoms with Crippen LogP contribution < -0.4 is 10.6 Å². The number of carbonyl (C=O) groups is 1. The summed E-state index contributed by atoms with van der Waals surface area (Å²) in [6, 6.07) is 16.4. The Morgan fingerprint density at radius 3 is 2.62 bits per heavy atom. The molecule has 4 heteroatoms. The number of nitrogens with one attached hydrogen (secondary N) is 2. The quantitative estimate of drug-likeness (QED) is 0.847. The molecule has 3 rings (SSSR count). The Morgan fingerprint density at radius 2 is 1.92 bits per heavy atom. The van der Waals surface area contributed by atoms with E-state index in [0.29, 0.717) is 12.5 Å². The molecule has 2 aromatic carbocycles. The number of ketones is 1. The Labute approximate surface area is 148 Å². The van der Waals surface area contributed by atoms with E-state index < -0.39 is 0 Å². The van der Waals surface area contributed by atoms with Gasteiger partial charge in [-0.2, -0.15) is 0 Å². The molecule has 0 bridgehead atoms. The van der Waals surface area contributed by atoms with Crippen LogP contribution in [0.25, 0.3) is 0 Å². The van der Waals surface area contributed by atoms with E-state index in [9.17, 15) is 4.79 Å². The monoisotopic (exact) mass is 342 g/mol. The molecule has 2 aromatic rings. The van der Waals surface area contributed by atoms with Gasteiger partial charge in [0.1, 0.15) is 5.78 Å². The Balaban J connectivity index is 1.57. The van der Waals surface area contributed by atoms with Crippen LogP contribution in [-0.2, 0) is 24.2 Å². The van der Waals surface area contributed by atoms with Crippen LogP contribution in [0.4, 0.5) is 0 Å². The molecule has 3 nitrogen and oxygen atoms in total. The maximum atomic E-state index is 12.0. The summed E-state index contributed by atoms with van der Waals surface area (Å²) in [5, 5.41) is 7.71. The summed E-state index contributed by atoms with van der Waals surface area (Å²) >= 11 is 5.92. The van der Waals surface area contributed by atoms with Gasteiger partial charge >= 0.3 is 0 Å². The van der Waals surface area contributed by atoms with Crippen molar-refractivity contribution in [3.8, 4) is 0 Å². The van der Waals surface area contributed by atoms with Gasteiger partial charge in [0.25, 0.3) is 0 Å². The van der Waals surface area contributed by atoms with Crippen LogP contribution in [0.15, 0.2) is 48.5 Å². The molecule has 24 heavy (non-hydrogen) atoms. The first-order valence-corrected chi connectivity index (χ1v) is 8.78. The third kappa shape index (κ3) is 4.44. The predicted molar refractivity (Wildman–Crippen MR) is 98.4 cm³/mol. The van der Waals surface area contributed by atoms with Crippen molar-refractivity contribution in [2.45, 2.75) is 38.4 Å². The molecule has 1 aliphatic rings.